The minimum atomic E-state index is -1.04. The van der Waals surface area contributed by atoms with Gasteiger partial charge in [0.25, 0.3) is 0 Å². The second-order valence-corrected chi connectivity index (χ2v) is 6.55. The van der Waals surface area contributed by atoms with Crippen LogP contribution in [0.4, 0.5) is 4.39 Å². The van der Waals surface area contributed by atoms with Crippen molar-refractivity contribution in [3.05, 3.63) is 29.6 Å². The molecular formula is C15H16FNO4S. The van der Waals surface area contributed by atoms with Gasteiger partial charge in [0, 0.05) is 10.6 Å². The van der Waals surface area contributed by atoms with Crippen LogP contribution in [-0.2, 0) is 14.3 Å². The molecule has 1 aromatic carbocycles. The summed E-state index contributed by atoms with van der Waals surface area (Å²) in [5.74, 6) is -0.858. The number of carboxylic acid groups (broad SMARTS) is 1. The first-order valence-electron chi connectivity index (χ1n) is 7.15. The number of thioether (sulfide) groups is 1. The van der Waals surface area contributed by atoms with Crippen LogP contribution in [0.1, 0.15) is 30.9 Å². The summed E-state index contributed by atoms with van der Waals surface area (Å²) < 4.78 is 18.7. The Morgan fingerprint density at radius 2 is 2.05 bits per heavy atom. The smallest absolute Gasteiger partial charge is 0.332 e. The molecular weight excluding hydrogens is 309 g/mol. The molecule has 3 rings (SSSR count). The third-order valence-corrected chi connectivity index (χ3v) is 5.04. The standard InChI is InChI=1S/C15H16FNO4S/c16-8-1-4-13-9(7-8)10(5-6-22-13)17-14(18)11-2-3-12(21-11)15(19)20/h1,4,7,10-12H,2-3,5-6H2,(H,17,18)(H,19,20)/t10?,11-,12+/m0/s1. The average molecular weight is 325 g/mol. The van der Waals surface area contributed by atoms with Gasteiger partial charge in [-0.3, -0.25) is 4.79 Å². The van der Waals surface area contributed by atoms with E-state index in [-0.39, 0.29) is 17.8 Å². The fraction of sp³-hybridized carbons (Fsp3) is 0.467. The first-order chi connectivity index (χ1) is 10.5. The van der Waals surface area contributed by atoms with Crippen molar-refractivity contribution in [2.75, 3.05) is 5.75 Å². The molecule has 0 aromatic heterocycles. The minimum Gasteiger partial charge on any atom is -0.479 e. The molecule has 118 valence electrons. The van der Waals surface area contributed by atoms with Crippen LogP contribution in [-0.4, -0.2) is 34.9 Å². The number of ether oxygens (including phenoxy) is 1. The number of carbonyl (C=O) groups is 2. The Kier molecular flexibility index (Phi) is 4.35. The second-order valence-electron chi connectivity index (χ2n) is 5.41. The maximum absolute atomic E-state index is 13.4. The van der Waals surface area contributed by atoms with Crippen LogP contribution < -0.4 is 5.32 Å². The Morgan fingerprint density at radius 1 is 1.27 bits per heavy atom. The highest BCUT2D eigenvalue weighted by Crippen LogP contribution is 2.36. The Labute approximate surface area is 131 Å². The summed E-state index contributed by atoms with van der Waals surface area (Å²) in [6, 6.07) is 4.32. The predicted molar refractivity (Wildman–Crippen MR) is 78.2 cm³/mol. The van der Waals surface area contributed by atoms with Gasteiger partial charge in [0.05, 0.1) is 6.04 Å². The summed E-state index contributed by atoms with van der Waals surface area (Å²) in [4.78, 5) is 24.1. The van der Waals surface area contributed by atoms with Crippen LogP contribution in [0, 0.1) is 5.82 Å². The van der Waals surface area contributed by atoms with E-state index in [4.69, 9.17) is 9.84 Å². The largest absolute Gasteiger partial charge is 0.479 e. The number of halogens is 1. The van der Waals surface area contributed by atoms with E-state index < -0.39 is 18.2 Å². The topological polar surface area (TPSA) is 75.6 Å². The van der Waals surface area contributed by atoms with Gasteiger partial charge in [-0.1, -0.05) is 0 Å². The normalized spacial score (nSPS) is 27.2. The molecule has 2 aliphatic heterocycles. The molecule has 22 heavy (non-hydrogen) atoms. The molecule has 0 radical (unpaired) electrons. The van der Waals surface area contributed by atoms with E-state index >= 15 is 0 Å². The molecule has 1 aromatic rings. The molecule has 2 N–H and O–H groups in total. The highest BCUT2D eigenvalue weighted by atomic mass is 32.2. The molecule has 0 aliphatic carbocycles. The van der Waals surface area contributed by atoms with E-state index in [1.54, 1.807) is 17.8 Å². The SMILES string of the molecule is O=C(NC1CCSc2ccc(F)cc21)[C@@H]1CC[C@H](C(=O)O)O1. The lowest BCUT2D eigenvalue weighted by atomic mass is 10.0. The lowest BCUT2D eigenvalue weighted by Gasteiger charge is -2.27. The lowest BCUT2D eigenvalue weighted by molar-refractivity contribution is -0.151. The number of hydrogen-bond donors (Lipinski definition) is 2. The molecule has 1 saturated heterocycles. The second kappa shape index (κ2) is 6.26. The van der Waals surface area contributed by atoms with Crippen LogP contribution in [0.3, 0.4) is 0 Å². The van der Waals surface area contributed by atoms with Crippen molar-refractivity contribution in [2.24, 2.45) is 0 Å². The van der Waals surface area contributed by atoms with E-state index in [0.717, 1.165) is 16.2 Å². The molecule has 2 heterocycles. The number of carbonyl (C=O) groups excluding carboxylic acids is 1. The Balaban J connectivity index is 1.68. The van der Waals surface area contributed by atoms with Crippen LogP contribution in [0.2, 0.25) is 0 Å². The van der Waals surface area contributed by atoms with Crippen molar-refractivity contribution < 1.29 is 23.8 Å². The predicted octanol–water partition coefficient (Wildman–Crippen LogP) is 2.11. The number of hydrogen-bond acceptors (Lipinski definition) is 4. The number of carboxylic acids is 1. The molecule has 7 heteroatoms. The molecule has 3 atom stereocenters. The zero-order valence-corrected chi connectivity index (χ0v) is 12.6. The fourth-order valence-corrected chi connectivity index (χ4v) is 3.90. The van der Waals surface area contributed by atoms with E-state index in [2.05, 4.69) is 5.32 Å². The third-order valence-electron chi connectivity index (χ3n) is 3.92. The molecule has 0 bridgehead atoms. The van der Waals surface area contributed by atoms with Gasteiger partial charge in [0.1, 0.15) is 11.9 Å². The lowest BCUT2D eigenvalue weighted by Crippen LogP contribution is -2.38. The maximum atomic E-state index is 13.4. The van der Waals surface area contributed by atoms with Crippen molar-refractivity contribution in [3.63, 3.8) is 0 Å². The summed E-state index contributed by atoms with van der Waals surface area (Å²) in [5.41, 5.74) is 0.775. The van der Waals surface area contributed by atoms with Crippen LogP contribution in [0.25, 0.3) is 0 Å². The number of benzene rings is 1. The Morgan fingerprint density at radius 3 is 2.77 bits per heavy atom. The van der Waals surface area contributed by atoms with Crippen molar-refractivity contribution >= 4 is 23.6 Å². The number of fused-ring (bicyclic) bond motifs is 1. The zero-order valence-electron chi connectivity index (χ0n) is 11.8. The molecule has 0 spiro atoms. The van der Waals surface area contributed by atoms with E-state index in [9.17, 15) is 14.0 Å². The summed E-state index contributed by atoms with van der Waals surface area (Å²) in [6.45, 7) is 0. The van der Waals surface area contributed by atoms with Crippen LogP contribution in [0.5, 0.6) is 0 Å². The third kappa shape index (κ3) is 3.10. The zero-order chi connectivity index (χ0) is 15.7. The van der Waals surface area contributed by atoms with Gasteiger partial charge in [-0.25, -0.2) is 9.18 Å². The van der Waals surface area contributed by atoms with Gasteiger partial charge in [-0.2, -0.15) is 0 Å². The Hall–Kier alpha value is -1.60. The van der Waals surface area contributed by atoms with Gasteiger partial charge in [0.15, 0.2) is 6.10 Å². The van der Waals surface area contributed by atoms with Gasteiger partial charge in [-0.05, 0) is 43.0 Å². The number of nitrogens with one attached hydrogen (secondary N) is 1. The maximum Gasteiger partial charge on any atom is 0.332 e. The van der Waals surface area contributed by atoms with E-state index in [1.807, 2.05) is 0 Å². The molecule has 1 amide bonds. The monoisotopic (exact) mass is 325 g/mol. The molecule has 1 fully saturated rings. The number of amides is 1. The average Bonchev–Trinajstić information content (AvgIpc) is 2.98. The molecule has 0 saturated carbocycles. The summed E-state index contributed by atoms with van der Waals surface area (Å²) in [5, 5.41) is 11.8. The van der Waals surface area contributed by atoms with E-state index in [0.29, 0.717) is 19.3 Å². The summed E-state index contributed by atoms with van der Waals surface area (Å²) in [7, 11) is 0. The number of aliphatic carboxylic acids is 1. The molecule has 1 unspecified atom stereocenters. The van der Waals surface area contributed by atoms with Crippen LogP contribution in [0.15, 0.2) is 23.1 Å². The van der Waals surface area contributed by atoms with Crippen molar-refractivity contribution in [2.45, 2.75) is 42.4 Å². The summed E-state index contributed by atoms with van der Waals surface area (Å²) >= 11 is 1.64. The number of rotatable bonds is 3. The molecule has 2 aliphatic rings. The fourth-order valence-electron chi connectivity index (χ4n) is 2.79. The van der Waals surface area contributed by atoms with Gasteiger partial charge < -0.3 is 15.2 Å². The quantitative estimate of drug-likeness (QED) is 0.890. The van der Waals surface area contributed by atoms with Crippen molar-refractivity contribution in [1.82, 2.24) is 5.32 Å². The molecule has 5 nitrogen and oxygen atoms in total. The van der Waals surface area contributed by atoms with Gasteiger partial charge in [-0.15, -0.1) is 11.8 Å². The van der Waals surface area contributed by atoms with Crippen molar-refractivity contribution in [3.8, 4) is 0 Å². The van der Waals surface area contributed by atoms with Gasteiger partial charge >= 0.3 is 5.97 Å². The first-order valence-corrected chi connectivity index (χ1v) is 8.14. The van der Waals surface area contributed by atoms with Crippen LogP contribution >= 0.6 is 11.8 Å². The minimum absolute atomic E-state index is 0.257. The summed E-state index contributed by atoms with van der Waals surface area (Å²) in [6.07, 6.45) is -0.225. The highest BCUT2D eigenvalue weighted by molar-refractivity contribution is 7.99. The first kappa shape index (κ1) is 15.3. The van der Waals surface area contributed by atoms with E-state index in [1.165, 1.54) is 12.1 Å². The van der Waals surface area contributed by atoms with Gasteiger partial charge in [0.2, 0.25) is 5.91 Å². The Bertz CT molecular complexity index is 609. The highest BCUT2D eigenvalue weighted by Gasteiger charge is 2.36. The van der Waals surface area contributed by atoms with Crippen molar-refractivity contribution in [1.29, 1.82) is 0 Å².